The van der Waals surface area contributed by atoms with Crippen molar-refractivity contribution in [2.75, 3.05) is 11.4 Å². The topological polar surface area (TPSA) is 28.2 Å². The third-order valence-electron chi connectivity index (χ3n) is 3.86. The molecule has 1 saturated carbocycles. The van der Waals surface area contributed by atoms with Crippen LogP contribution in [0.5, 0.6) is 0 Å². The van der Waals surface area contributed by atoms with Crippen molar-refractivity contribution in [2.24, 2.45) is 0 Å². The predicted octanol–water partition coefficient (Wildman–Crippen LogP) is 3.52. The second kappa shape index (κ2) is 7.07. The minimum absolute atomic E-state index is 0.494. The van der Waals surface area contributed by atoms with Gasteiger partial charge in [0.15, 0.2) is 0 Å². The molecule has 2 rings (SSSR count). The first-order valence-corrected chi connectivity index (χ1v) is 8.13. The smallest absolute Gasteiger partial charge is 0.129 e. The molecule has 1 fully saturated rings. The number of aromatic nitrogens is 1. The number of hydrogen-bond acceptors (Lipinski definition) is 3. The monoisotopic (exact) mass is 275 g/mol. The van der Waals surface area contributed by atoms with Crippen LogP contribution in [0.4, 0.5) is 5.82 Å². The molecular formula is C17H29N3. The fraction of sp³-hybridized carbons (Fsp3) is 0.706. The van der Waals surface area contributed by atoms with Gasteiger partial charge >= 0.3 is 0 Å². The van der Waals surface area contributed by atoms with Crippen LogP contribution in [-0.2, 0) is 13.0 Å². The van der Waals surface area contributed by atoms with Crippen LogP contribution < -0.4 is 10.2 Å². The van der Waals surface area contributed by atoms with Crippen LogP contribution in [0, 0.1) is 0 Å². The summed E-state index contributed by atoms with van der Waals surface area (Å²) < 4.78 is 0. The van der Waals surface area contributed by atoms with E-state index in [1.54, 1.807) is 0 Å². The molecule has 3 nitrogen and oxygen atoms in total. The van der Waals surface area contributed by atoms with Crippen molar-refractivity contribution in [1.29, 1.82) is 0 Å². The molecule has 0 unspecified atom stereocenters. The second-order valence-electron chi connectivity index (χ2n) is 6.11. The van der Waals surface area contributed by atoms with Crippen molar-refractivity contribution >= 4 is 5.82 Å². The number of hydrogen-bond donors (Lipinski definition) is 1. The van der Waals surface area contributed by atoms with Gasteiger partial charge in [-0.2, -0.15) is 0 Å². The Hall–Kier alpha value is -1.09. The first-order chi connectivity index (χ1) is 9.63. The molecule has 0 aromatic carbocycles. The Kier molecular flexibility index (Phi) is 5.41. The van der Waals surface area contributed by atoms with E-state index in [0.29, 0.717) is 6.04 Å². The highest BCUT2D eigenvalue weighted by molar-refractivity contribution is 5.43. The first kappa shape index (κ1) is 15.3. The maximum atomic E-state index is 4.86. The van der Waals surface area contributed by atoms with Gasteiger partial charge in [0.25, 0.3) is 0 Å². The summed E-state index contributed by atoms with van der Waals surface area (Å²) in [6, 6.07) is 5.79. The molecule has 0 bridgehead atoms. The van der Waals surface area contributed by atoms with E-state index in [4.69, 9.17) is 4.98 Å². The Labute approximate surface area is 123 Å². The fourth-order valence-electron chi connectivity index (χ4n) is 2.61. The van der Waals surface area contributed by atoms with Gasteiger partial charge in [0.05, 0.1) is 0 Å². The zero-order valence-corrected chi connectivity index (χ0v) is 13.4. The van der Waals surface area contributed by atoms with Gasteiger partial charge in [0, 0.05) is 30.9 Å². The predicted molar refractivity (Wildman–Crippen MR) is 86.2 cm³/mol. The summed E-state index contributed by atoms with van der Waals surface area (Å²) in [5.41, 5.74) is 2.61. The Morgan fingerprint density at radius 2 is 2.05 bits per heavy atom. The third kappa shape index (κ3) is 4.20. The number of aryl methyl sites for hydroxylation is 1. The van der Waals surface area contributed by atoms with Crippen molar-refractivity contribution in [2.45, 2.75) is 72.0 Å². The molecule has 1 N–H and O–H groups in total. The Morgan fingerprint density at radius 3 is 2.60 bits per heavy atom. The summed E-state index contributed by atoms with van der Waals surface area (Å²) in [5.74, 6) is 1.14. The highest BCUT2D eigenvalue weighted by Gasteiger charge is 2.20. The molecule has 0 spiro atoms. The average Bonchev–Trinajstić information content (AvgIpc) is 3.21. The second-order valence-corrected chi connectivity index (χ2v) is 6.11. The third-order valence-corrected chi connectivity index (χ3v) is 3.86. The number of nitrogens with one attached hydrogen (secondary N) is 1. The van der Waals surface area contributed by atoms with Gasteiger partial charge in [0.2, 0.25) is 0 Å². The van der Waals surface area contributed by atoms with E-state index >= 15 is 0 Å². The molecule has 112 valence electrons. The summed E-state index contributed by atoms with van der Waals surface area (Å²) in [7, 11) is 0. The van der Waals surface area contributed by atoms with Crippen molar-refractivity contribution in [1.82, 2.24) is 10.3 Å². The molecule has 1 aliphatic rings. The van der Waals surface area contributed by atoms with Gasteiger partial charge in [-0.05, 0) is 57.7 Å². The van der Waals surface area contributed by atoms with Crippen LogP contribution in [0.25, 0.3) is 0 Å². The Bertz CT molecular complexity index is 424. The van der Waals surface area contributed by atoms with Crippen molar-refractivity contribution in [3.05, 3.63) is 23.4 Å². The minimum Gasteiger partial charge on any atom is -0.354 e. The normalized spacial score (nSPS) is 14.8. The summed E-state index contributed by atoms with van der Waals surface area (Å²) in [5, 5.41) is 3.61. The van der Waals surface area contributed by atoms with Crippen molar-refractivity contribution < 1.29 is 0 Å². The SMILES string of the molecule is CCCc1cc(CNC2CC2)cc(N(CC)C(C)C)n1. The zero-order chi connectivity index (χ0) is 14.5. The standard InChI is InChI=1S/C17H29N3/c1-5-7-16-10-14(12-18-15-8-9-15)11-17(19-16)20(6-2)13(3)4/h10-11,13,15,18H,5-9,12H2,1-4H3. The summed E-state index contributed by atoms with van der Waals surface area (Å²) in [4.78, 5) is 7.23. The molecule has 1 aromatic heterocycles. The van der Waals surface area contributed by atoms with E-state index in [1.807, 2.05) is 0 Å². The van der Waals surface area contributed by atoms with Crippen molar-refractivity contribution in [3.63, 3.8) is 0 Å². The molecule has 0 amide bonds. The van der Waals surface area contributed by atoms with Crippen molar-refractivity contribution in [3.8, 4) is 0 Å². The number of pyridine rings is 1. The lowest BCUT2D eigenvalue weighted by molar-refractivity contribution is 0.673. The molecule has 3 heteroatoms. The van der Waals surface area contributed by atoms with Crippen LogP contribution in [-0.4, -0.2) is 23.6 Å². The molecule has 1 aromatic rings. The maximum Gasteiger partial charge on any atom is 0.129 e. The van der Waals surface area contributed by atoms with E-state index in [0.717, 1.165) is 37.8 Å². The van der Waals surface area contributed by atoms with Gasteiger partial charge in [0.1, 0.15) is 5.82 Å². The molecule has 0 atom stereocenters. The molecule has 0 aliphatic heterocycles. The minimum atomic E-state index is 0.494. The number of anilines is 1. The van der Waals surface area contributed by atoms with Crippen LogP contribution >= 0.6 is 0 Å². The molecule has 0 radical (unpaired) electrons. The lowest BCUT2D eigenvalue weighted by atomic mass is 10.1. The summed E-state index contributed by atoms with van der Waals surface area (Å²) in [6.45, 7) is 10.9. The van der Waals surface area contributed by atoms with Crippen LogP contribution in [0.2, 0.25) is 0 Å². The lowest BCUT2D eigenvalue weighted by Crippen LogP contribution is -2.31. The largest absolute Gasteiger partial charge is 0.354 e. The van der Waals surface area contributed by atoms with Gasteiger partial charge in [-0.15, -0.1) is 0 Å². The fourth-order valence-corrected chi connectivity index (χ4v) is 2.61. The van der Waals surface area contributed by atoms with Crippen LogP contribution in [0.3, 0.4) is 0 Å². The maximum absolute atomic E-state index is 4.86. The van der Waals surface area contributed by atoms with E-state index < -0.39 is 0 Å². The molecule has 1 heterocycles. The quantitative estimate of drug-likeness (QED) is 0.787. The Balaban J connectivity index is 2.18. The first-order valence-electron chi connectivity index (χ1n) is 8.13. The van der Waals surface area contributed by atoms with Gasteiger partial charge in [-0.1, -0.05) is 13.3 Å². The van der Waals surface area contributed by atoms with Gasteiger partial charge in [-0.25, -0.2) is 4.98 Å². The summed E-state index contributed by atoms with van der Waals surface area (Å²) in [6.07, 6.45) is 4.90. The van der Waals surface area contributed by atoms with Crippen LogP contribution in [0.15, 0.2) is 12.1 Å². The highest BCUT2D eigenvalue weighted by Crippen LogP contribution is 2.22. The van der Waals surface area contributed by atoms with E-state index in [1.165, 1.54) is 24.1 Å². The van der Waals surface area contributed by atoms with Crippen LogP contribution in [0.1, 0.15) is 58.2 Å². The van der Waals surface area contributed by atoms with Gasteiger partial charge in [-0.3, -0.25) is 0 Å². The van der Waals surface area contributed by atoms with Gasteiger partial charge < -0.3 is 10.2 Å². The zero-order valence-electron chi connectivity index (χ0n) is 13.4. The lowest BCUT2D eigenvalue weighted by Gasteiger charge is -2.27. The molecule has 1 aliphatic carbocycles. The van der Waals surface area contributed by atoms with E-state index in [-0.39, 0.29) is 0 Å². The summed E-state index contributed by atoms with van der Waals surface area (Å²) >= 11 is 0. The molecule has 20 heavy (non-hydrogen) atoms. The number of rotatable bonds is 8. The Morgan fingerprint density at radius 1 is 1.30 bits per heavy atom. The highest BCUT2D eigenvalue weighted by atomic mass is 15.2. The molecule has 0 saturated heterocycles. The molecular weight excluding hydrogens is 246 g/mol. The van der Waals surface area contributed by atoms with E-state index in [9.17, 15) is 0 Å². The average molecular weight is 275 g/mol. The van der Waals surface area contributed by atoms with E-state index in [2.05, 4.69) is 50.0 Å². The number of nitrogens with zero attached hydrogens (tertiary/aromatic N) is 2.